The highest BCUT2D eigenvalue weighted by molar-refractivity contribution is 7.99. The number of hydrogen-bond donors (Lipinski definition) is 1. The van der Waals surface area contributed by atoms with Gasteiger partial charge in [-0.1, -0.05) is 36.0 Å². The second kappa shape index (κ2) is 5.09. The molecule has 0 saturated heterocycles. The molecule has 0 amide bonds. The van der Waals surface area contributed by atoms with E-state index in [4.69, 9.17) is 0 Å². The maximum atomic E-state index is 14.0. The van der Waals surface area contributed by atoms with Crippen molar-refractivity contribution in [1.29, 1.82) is 0 Å². The molecule has 0 unspecified atom stereocenters. The van der Waals surface area contributed by atoms with Crippen LogP contribution in [0.4, 0.5) is 4.39 Å². The van der Waals surface area contributed by atoms with Crippen molar-refractivity contribution in [3.05, 3.63) is 54.2 Å². The zero-order valence-corrected chi connectivity index (χ0v) is 11.5. The predicted octanol–water partition coefficient (Wildman–Crippen LogP) is 3.93. The molecule has 0 radical (unpaired) electrons. The number of fused-ring (bicyclic) bond motifs is 1. The minimum atomic E-state index is -0.408. The molecule has 3 aromatic rings. The van der Waals surface area contributed by atoms with Crippen molar-refractivity contribution in [1.82, 2.24) is 9.97 Å². The Labute approximate surface area is 119 Å². The Kier molecular flexibility index (Phi) is 3.28. The molecule has 0 fully saturated rings. The highest BCUT2D eigenvalue weighted by Crippen LogP contribution is 2.37. The Bertz CT molecular complexity index is 792. The second-order valence-corrected chi connectivity index (χ2v) is 5.34. The lowest BCUT2D eigenvalue weighted by molar-refractivity contribution is 0.481. The summed E-state index contributed by atoms with van der Waals surface area (Å²) in [4.78, 5) is 8.64. The number of nitrogens with zero attached hydrogens (tertiary/aromatic N) is 2. The Morgan fingerprint density at radius 3 is 2.60 bits per heavy atom. The van der Waals surface area contributed by atoms with Crippen molar-refractivity contribution >= 4 is 22.5 Å². The van der Waals surface area contributed by atoms with Gasteiger partial charge in [-0.3, -0.25) is 0 Å². The molecule has 0 aliphatic heterocycles. The molecule has 20 heavy (non-hydrogen) atoms. The topological polar surface area (TPSA) is 46.0 Å². The average Bonchev–Trinajstić information content (AvgIpc) is 2.47. The molecular formula is C15H11FN2OS. The van der Waals surface area contributed by atoms with Gasteiger partial charge in [0.25, 0.3) is 0 Å². The van der Waals surface area contributed by atoms with E-state index in [0.29, 0.717) is 5.69 Å². The molecule has 3 rings (SSSR count). The van der Waals surface area contributed by atoms with Gasteiger partial charge in [-0.25, -0.2) is 14.4 Å². The first kappa shape index (κ1) is 12.9. The number of phenolic OH excluding ortho intramolecular Hbond substituents is 1. The van der Waals surface area contributed by atoms with Gasteiger partial charge in [0.1, 0.15) is 17.1 Å². The van der Waals surface area contributed by atoms with Crippen molar-refractivity contribution in [2.45, 2.75) is 16.8 Å². The number of rotatable bonds is 2. The lowest BCUT2D eigenvalue weighted by Gasteiger charge is -2.08. The Morgan fingerprint density at radius 2 is 1.80 bits per heavy atom. The molecule has 0 spiro atoms. The molecule has 0 bridgehead atoms. The minimum Gasteiger partial charge on any atom is -0.507 e. The summed E-state index contributed by atoms with van der Waals surface area (Å²) in [6.45, 7) is 1.61. The third-order valence-electron chi connectivity index (χ3n) is 3.00. The lowest BCUT2D eigenvalue weighted by atomic mass is 10.1. The minimum absolute atomic E-state index is 0.212. The van der Waals surface area contributed by atoms with Gasteiger partial charge in [0.2, 0.25) is 0 Å². The van der Waals surface area contributed by atoms with Crippen LogP contribution in [-0.4, -0.2) is 15.1 Å². The fraction of sp³-hybridized carbons (Fsp3) is 0.0667. The standard InChI is InChI=1S/C15H11FN2OS/c1-9-14(16)15(18-8-17-9)20-13-7-6-12(19)10-4-2-3-5-11(10)13/h2-8,19H,1H3. The molecule has 1 N–H and O–H groups in total. The SMILES string of the molecule is Cc1ncnc(Sc2ccc(O)c3ccccc23)c1F. The molecule has 0 aliphatic rings. The quantitative estimate of drug-likeness (QED) is 0.725. The number of hydrogen-bond acceptors (Lipinski definition) is 4. The fourth-order valence-corrected chi connectivity index (χ4v) is 2.93. The molecule has 100 valence electrons. The molecule has 5 heteroatoms. The molecule has 2 aromatic carbocycles. The molecule has 1 heterocycles. The second-order valence-electron chi connectivity index (χ2n) is 4.31. The maximum Gasteiger partial charge on any atom is 0.176 e. The Hall–Kier alpha value is -2.14. The fourth-order valence-electron chi connectivity index (χ4n) is 1.96. The van der Waals surface area contributed by atoms with Crippen LogP contribution in [-0.2, 0) is 0 Å². The van der Waals surface area contributed by atoms with Crippen LogP contribution in [0.25, 0.3) is 10.8 Å². The number of aryl methyl sites for hydroxylation is 1. The zero-order valence-electron chi connectivity index (χ0n) is 10.7. The van der Waals surface area contributed by atoms with Crippen molar-refractivity contribution in [3.63, 3.8) is 0 Å². The summed E-state index contributed by atoms with van der Waals surface area (Å²) in [5.41, 5.74) is 0.325. The van der Waals surface area contributed by atoms with E-state index >= 15 is 0 Å². The van der Waals surface area contributed by atoms with Gasteiger partial charge in [0, 0.05) is 10.3 Å². The summed E-state index contributed by atoms with van der Waals surface area (Å²) in [5, 5.41) is 11.7. The third kappa shape index (κ3) is 2.20. The largest absolute Gasteiger partial charge is 0.507 e. The first-order valence-corrected chi connectivity index (χ1v) is 6.84. The van der Waals surface area contributed by atoms with E-state index < -0.39 is 5.82 Å². The highest BCUT2D eigenvalue weighted by atomic mass is 32.2. The van der Waals surface area contributed by atoms with Crippen LogP contribution in [0.3, 0.4) is 0 Å². The van der Waals surface area contributed by atoms with Gasteiger partial charge < -0.3 is 5.11 Å². The van der Waals surface area contributed by atoms with Crippen LogP contribution in [0.2, 0.25) is 0 Å². The number of phenols is 1. The summed E-state index contributed by atoms with van der Waals surface area (Å²) >= 11 is 1.23. The predicted molar refractivity (Wildman–Crippen MR) is 76.5 cm³/mol. The van der Waals surface area contributed by atoms with Crippen molar-refractivity contribution in [2.75, 3.05) is 0 Å². The smallest absolute Gasteiger partial charge is 0.176 e. The normalized spacial score (nSPS) is 10.9. The Balaban J connectivity index is 2.12. The first-order valence-electron chi connectivity index (χ1n) is 6.02. The van der Waals surface area contributed by atoms with Crippen molar-refractivity contribution in [2.24, 2.45) is 0 Å². The average molecular weight is 286 g/mol. The van der Waals surface area contributed by atoms with Crippen molar-refractivity contribution < 1.29 is 9.50 Å². The van der Waals surface area contributed by atoms with Crippen LogP contribution >= 0.6 is 11.8 Å². The monoisotopic (exact) mass is 286 g/mol. The Morgan fingerprint density at radius 1 is 1.05 bits per heavy atom. The van der Waals surface area contributed by atoms with Crippen LogP contribution < -0.4 is 0 Å². The third-order valence-corrected chi connectivity index (χ3v) is 4.05. The summed E-state index contributed by atoms with van der Waals surface area (Å²) in [7, 11) is 0. The molecule has 1 aromatic heterocycles. The van der Waals surface area contributed by atoms with Gasteiger partial charge in [-0.15, -0.1) is 0 Å². The van der Waals surface area contributed by atoms with Crippen LogP contribution in [0.15, 0.2) is 52.6 Å². The van der Waals surface area contributed by atoms with E-state index in [1.165, 1.54) is 18.1 Å². The van der Waals surface area contributed by atoms with Gasteiger partial charge in [0.05, 0.1) is 5.69 Å². The summed E-state index contributed by atoms with van der Waals surface area (Å²) in [5.74, 6) is -0.195. The summed E-state index contributed by atoms with van der Waals surface area (Å²) < 4.78 is 14.0. The van der Waals surface area contributed by atoms with E-state index in [1.807, 2.05) is 24.3 Å². The van der Waals surface area contributed by atoms with E-state index in [9.17, 15) is 9.50 Å². The number of halogens is 1. The lowest BCUT2D eigenvalue weighted by Crippen LogP contribution is -1.94. The van der Waals surface area contributed by atoms with Crippen LogP contribution in [0, 0.1) is 12.7 Å². The summed E-state index contributed by atoms with van der Waals surface area (Å²) in [6.07, 6.45) is 1.35. The van der Waals surface area contributed by atoms with Crippen LogP contribution in [0.1, 0.15) is 5.69 Å². The van der Waals surface area contributed by atoms with Crippen LogP contribution in [0.5, 0.6) is 5.75 Å². The maximum absolute atomic E-state index is 14.0. The molecule has 0 aliphatic carbocycles. The highest BCUT2D eigenvalue weighted by Gasteiger charge is 2.12. The zero-order chi connectivity index (χ0) is 14.1. The summed E-state index contributed by atoms with van der Waals surface area (Å²) in [6, 6.07) is 10.8. The number of benzene rings is 2. The van der Waals surface area contributed by atoms with E-state index in [-0.39, 0.29) is 10.8 Å². The van der Waals surface area contributed by atoms with Crippen molar-refractivity contribution in [3.8, 4) is 5.75 Å². The van der Waals surface area contributed by atoms with Gasteiger partial charge in [-0.05, 0) is 24.4 Å². The van der Waals surface area contributed by atoms with E-state index in [2.05, 4.69) is 9.97 Å². The molecule has 0 saturated carbocycles. The van der Waals surface area contributed by atoms with Gasteiger partial charge >= 0.3 is 0 Å². The molecule has 3 nitrogen and oxygen atoms in total. The number of aromatic hydroxyl groups is 1. The van der Waals surface area contributed by atoms with Gasteiger partial charge in [0.15, 0.2) is 5.82 Å². The van der Waals surface area contributed by atoms with E-state index in [1.54, 1.807) is 19.1 Å². The van der Waals surface area contributed by atoms with Gasteiger partial charge in [-0.2, -0.15) is 0 Å². The van der Waals surface area contributed by atoms with E-state index in [0.717, 1.165) is 15.7 Å². The number of aromatic nitrogens is 2. The molecular weight excluding hydrogens is 275 g/mol. The molecule has 0 atom stereocenters. The first-order chi connectivity index (χ1) is 9.66.